The summed E-state index contributed by atoms with van der Waals surface area (Å²) < 4.78 is 6.12. The summed E-state index contributed by atoms with van der Waals surface area (Å²) in [6.45, 7) is 2.00. The Labute approximate surface area is 96.1 Å². The number of hydrogen-bond acceptors (Lipinski definition) is 1. The van der Waals surface area contributed by atoms with Gasteiger partial charge in [-0.05, 0) is 12.8 Å². The first-order valence-electron chi connectivity index (χ1n) is 4.80. The summed E-state index contributed by atoms with van der Waals surface area (Å²) in [6, 6.07) is 0. The van der Waals surface area contributed by atoms with Crippen molar-refractivity contribution in [2.24, 2.45) is 0 Å². The second-order valence-corrected chi connectivity index (χ2v) is 5.89. The number of hydrogen-bond donors (Lipinski definition) is 0. The van der Waals surface area contributed by atoms with Crippen molar-refractivity contribution >= 4 is 0 Å². The molecule has 0 aromatic carbocycles. The van der Waals surface area contributed by atoms with Gasteiger partial charge in [-0.1, -0.05) is 0 Å². The fourth-order valence-electron chi connectivity index (χ4n) is 1.52. The topological polar surface area (TPSA) is 9.23 Å². The maximum atomic E-state index is 4.94. The molecule has 0 aromatic rings. The zero-order valence-corrected chi connectivity index (χ0v) is 12.3. The van der Waals surface area contributed by atoms with Crippen LogP contribution in [-0.2, 0) is 23.0 Å². The predicted molar refractivity (Wildman–Crippen MR) is 42.3 cm³/mol. The first kappa shape index (κ1) is 13.1. The van der Waals surface area contributed by atoms with Crippen LogP contribution in [0.1, 0.15) is 38.5 Å². The molecule has 2 aliphatic rings. The molecule has 0 unspecified atom stereocenters. The Morgan fingerprint density at radius 3 is 1.58 bits per heavy atom. The SMILES string of the molecule is C1CCOC1.[Br-].[Zn+][CH]1CCCC1. The van der Waals surface area contributed by atoms with Gasteiger partial charge in [0.05, 0.1) is 0 Å². The van der Waals surface area contributed by atoms with E-state index in [4.69, 9.17) is 4.74 Å². The molecule has 3 heteroatoms. The van der Waals surface area contributed by atoms with Crippen LogP contribution in [0.3, 0.4) is 0 Å². The van der Waals surface area contributed by atoms with E-state index in [1.54, 1.807) is 31.1 Å². The van der Waals surface area contributed by atoms with Gasteiger partial charge >= 0.3 is 48.5 Å². The van der Waals surface area contributed by atoms with Crippen molar-refractivity contribution in [2.75, 3.05) is 13.2 Å². The minimum absolute atomic E-state index is 0. The summed E-state index contributed by atoms with van der Waals surface area (Å²) in [7, 11) is 0. The van der Waals surface area contributed by atoms with Crippen molar-refractivity contribution in [2.45, 2.75) is 43.0 Å². The second kappa shape index (κ2) is 8.65. The second-order valence-electron chi connectivity index (χ2n) is 3.47. The van der Waals surface area contributed by atoms with E-state index in [0.717, 1.165) is 13.2 Å². The van der Waals surface area contributed by atoms with Crippen LogP contribution >= 0.6 is 0 Å². The molecule has 0 bridgehead atoms. The Kier molecular flexibility index (Phi) is 9.42. The van der Waals surface area contributed by atoms with Crippen LogP contribution in [0.5, 0.6) is 0 Å². The van der Waals surface area contributed by atoms with Gasteiger partial charge < -0.3 is 21.7 Å². The Bertz CT molecular complexity index is 82.9. The van der Waals surface area contributed by atoms with Gasteiger partial charge in [0, 0.05) is 13.2 Å². The summed E-state index contributed by atoms with van der Waals surface area (Å²) in [5.74, 6) is 0. The Hall–Kier alpha value is 1.06. The molecule has 12 heavy (non-hydrogen) atoms. The zero-order chi connectivity index (χ0) is 7.94. The third-order valence-electron chi connectivity index (χ3n) is 2.30. The quantitative estimate of drug-likeness (QED) is 0.556. The van der Waals surface area contributed by atoms with Gasteiger partial charge in [0.2, 0.25) is 0 Å². The van der Waals surface area contributed by atoms with Gasteiger partial charge in [-0.3, -0.25) is 0 Å². The molecule has 68 valence electrons. The molecule has 0 aromatic heterocycles. The Balaban J connectivity index is 0.000000189. The molecule has 0 radical (unpaired) electrons. The molecule has 2 rings (SSSR count). The molecule has 0 N–H and O–H groups in total. The first-order chi connectivity index (χ1) is 5.39. The molecule has 0 atom stereocenters. The molecular weight excluding hydrogens is 269 g/mol. The predicted octanol–water partition coefficient (Wildman–Crippen LogP) is -0.304. The van der Waals surface area contributed by atoms with E-state index >= 15 is 0 Å². The Morgan fingerprint density at radius 1 is 0.917 bits per heavy atom. The summed E-state index contributed by atoms with van der Waals surface area (Å²) >= 11 is 1.54. The van der Waals surface area contributed by atoms with E-state index in [1.807, 2.05) is 0 Å². The molecule has 1 aliphatic carbocycles. The molecule has 0 spiro atoms. The van der Waals surface area contributed by atoms with Crippen LogP contribution in [-0.4, -0.2) is 13.2 Å². The van der Waals surface area contributed by atoms with Crippen LogP contribution in [0.15, 0.2) is 0 Å². The maximum absolute atomic E-state index is 4.94. The van der Waals surface area contributed by atoms with Crippen LogP contribution in [0.4, 0.5) is 0 Å². The van der Waals surface area contributed by atoms with E-state index < -0.39 is 0 Å². The van der Waals surface area contributed by atoms with E-state index in [-0.39, 0.29) is 17.0 Å². The normalized spacial score (nSPS) is 22.8. The summed E-state index contributed by atoms with van der Waals surface area (Å²) in [5.41, 5.74) is 0. The van der Waals surface area contributed by atoms with E-state index in [0.29, 0.717) is 0 Å². The van der Waals surface area contributed by atoms with Gasteiger partial charge in [0.25, 0.3) is 0 Å². The van der Waals surface area contributed by atoms with Crippen molar-refractivity contribution in [1.82, 2.24) is 0 Å². The fraction of sp³-hybridized carbons (Fsp3) is 1.00. The third-order valence-corrected chi connectivity index (χ3v) is 4.02. The first-order valence-corrected chi connectivity index (χ1v) is 6.52. The Morgan fingerprint density at radius 2 is 1.42 bits per heavy atom. The average Bonchev–Trinajstić information content (AvgIpc) is 2.57. The standard InChI is InChI=1S/C5H9.C4H8O.BrH.Zn/c2*1-2-4-5-3-1;;/h1H,2-5H2;1-4H2;1H;/q;;;+1/p-1. The third kappa shape index (κ3) is 6.57. The van der Waals surface area contributed by atoms with Crippen LogP contribution in [0.2, 0.25) is 4.51 Å². The summed E-state index contributed by atoms with van der Waals surface area (Å²) in [4.78, 5) is 0. The molecule has 1 nitrogen and oxygen atoms in total. The van der Waals surface area contributed by atoms with Crippen LogP contribution in [0, 0.1) is 0 Å². The van der Waals surface area contributed by atoms with Crippen molar-refractivity contribution in [3.8, 4) is 0 Å². The molecule has 1 saturated carbocycles. The number of halogens is 1. The monoisotopic (exact) mass is 284 g/mol. The molecule has 1 heterocycles. The minimum atomic E-state index is 0. The van der Waals surface area contributed by atoms with Crippen molar-refractivity contribution < 1.29 is 40.0 Å². The van der Waals surface area contributed by atoms with Crippen LogP contribution < -0.4 is 17.0 Å². The van der Waals surface area contributed by atoms with Gasteiger partial charge in [-0.25, -0.2) is 0 Å². The zero-order valence-electron chi connectivity index (χ0n) is 7.73. The molecule has 0 amide bonds. The summed E-state index contributed by atoms with van der Waals surface area (Å²) in [6.07, 6.45) is 8.68. The van der Waals surface area contributed by atoms with E-state index in [1.165, 1.54) is 30.2 Å². The van der Waals surface area contributed by atoms with Crippen molar-refractivity contribution in [3.05, 3.63) is 0 Å². The average molecular weight is 287 g/mol. The van der Waals surface area contributed by atoms with Gasteiger partial charge in [-0.15, -0.1) is 0 Å². The van der Waals surface area contributed by atoms with Crippen molar-refractivity contribution in [3.63, 3.8) is 0 Å². The van der Waals surface area contributed by atoms with Gasteiger partial charge in [0.15, 0.2) is 0 Å². The van der Waals surface area contributed by atoms with Crippen molar-refractivity contribution in [1.29, 1.82) is 0 Å². The fourth-order valence-corrected chi connectivity index (χ4v) is 2.73. The molecular formula is C9H17BrOZn. The van der Waals surface area contributed by atoms with Crippen LogP contribution in [0.25, 0.3) is 0 Å². The van der Waals surface area contributed by atoms with E-state index in [2.05, 4.69) is 0 Å². The number of rotatable bonds is 0. The molecule has 2 fully saturated rings. The summed E-state index contributed by atoms with van der Waals surface area (Å²) in [5, 5.41) is 0. The van der Waals surface area contributed by atoms with Gasteiger partial charge in [-0.2, -0.15) is 0 Å². The molecule has 1 aliphatic heterocycles. The molecule has 1 saturated heterocycles. The number of ether oxygens (including phenoxy) is 1. The van der Waals surface area contributed by atoms with Gasteiger partial charge in [0.1, 0.15) is 0 Å². The van der Waals surface area contributed by atoms with E-state index in [9.17, 15) is 0 Å².